The van der Waals surface area contributed by atoms with Crippen LogP contribution in [0.1, 0.15) is 94.1 Å². The molecule has 2 saturated carbocycles. The molecule has 0 unspecified atom stereocenters. The number of benzene rings is 1. The smallest absolute Gasteiger partial charge is 0.318 e. The van der Waals surface area contributed by atoms with Crippen LogP contribution in [-0.2, 0) is 16.1 Å². The van der Waals surface area contributed by atoms with E-state index >= 15 is 4.39 Å². The summed E-state index contributed by atoms with van der Waals surface area (Å²) in [5.41, 5.74) is 0.661. The van der Waals surface area contributed by atoms with Gasteiger partial charge in [0.15, 0.2) is 0 Å². The van der Waals surface area contributed by atoms with Crippen LogP contribution in [0.5, 0.6) is 0 Å². The number of carbonyl (C=O) groups is 4. The Labute approximate surface area is 291 Å². The third-order valence-corrected chi connectivity index (χ3v) is 10.5. The van der Waals surface area contributed by atoms with Gasteiger partial charge in [-0.3, -0.25) is 19.1 Å². The van der Waals surface area contributed by atoms with Crippen LogP contribution in [0.15, 0.2) is 42.1 Å². The normalized spacial score (nSPS) is 21.1. The Morgan fingerprint density at radius 1 is 1.00 bits per heavy atom. The van der Waals surface area contributed by atoms with Crippen molar-refractivity contribution < 1.29 is 32.3 Å². The third kappa shape index (κ3) is 8.67. The van der Waals surface area contributed by atoms with Crippen molar-refractivity contribution in [2.75, 3.05) is 25.5 Å². The molecule has 50 heavy (non-hydrogen) atoms. The molecule has 3 fully saturated rings. The molecule has 1 saturated heterocycles. The molecule has 0 spiro atoms. The lowest BCUT2D eigenvalue weighted by Crippen LogP contribution is -2.55. The number of urea groups is 1. The second-order valence-corrected chi connectivity index (χ2v) is 14.0. The number of amides is 5. The number of carbonyl (C=O) groups excluding carboxylic acids is 4. The number of nitrogens with one attached hydrogen (secondary N) is 3. The van der Waals surface area contributed by atoms with Crippen LogP contribution < -0.4 is 16.0 Å². The standard InChI is InChI=1S/C36H48F3N7O4/c1-5-46-29(14-17-40-46)33(47)42-31(23-8-6-21(2)7-9-23)34(48)41-28-13-10-25(20-27(28)37)22(3)30(43-36(50)44(4)26-11-12-26)35(49)45-18-15-24(16-19-45)32(38)39/h10,13-14,17,20-23,26,30-31H,5-9,11-12,15-16,18-19H2,1-4H3,(H,41,48)(H,42,47)(H,43,50)/t21?,22-,23?,30+,31-/m0/s1. The van der Waals surface area contributed by atoms with Gasteiger partial charge in [-0.2, -0.15) is 13.9 Å². The molecule has 1 aliphatic heterocycles. The quantitative estimate of drug-likeness (QED) is 0.279. The Morgan fingerprint density at radius 3 is 2.28 bits per heavy atom. The highest BCUT2D eigenvalue weighted by molar-refractivity contribution is 6.00. The maximum absolute atomic E-state index is 15.8. The van der Waals surface area contributed by atoms with Crippen molar-refractivity contribution in [2.24, 2.45) is 11.8 Å². The van der Waals surface area contributed by atoms with E-state index in [0.717, 1.165) is 38.5 Å². The molecule has 5 amide bonds. The molecular formula is C36H48F3N7O4. The van der Waals surface area contributed by atoms with E-state index in [0.29, 0.717) is 23.7 Å². The molecule has 1 aromatic heterocycles. The SMILES string of the molecule is CCn1nccc1C(=O)N[C@H](C(=O)Nc1ccc([C@H](C)[C@@H](NC(=O)N(C)C2CC2)C(=O)N2CCC(=C(F)F)CC2)cc1F)C1CCC(C)CC1. The summed E-state index contributed by atoms with van der Waals surface area (Å²) in [7, 11) is 1.65. The zero-order valence-electron chi connectivity index (χ0n) is 29.2. The maximum Gasteiger partial charge on any atom is 0.318 e. The minimum Gasteiger partial charge on any atom is -0.340 e. The largest absolute Gasteiger partial charge is 0.340 e. The number of rotatable bonds is 11. The van der Waals surface area contributed by atoms with E-state index in [-0.39, 0.29) is 49.2 Å². The molecule has 2 heterocycles. The van der Waals surface area contributed by atoms with Crippen LogP contribution in [0.3, 0.4) is 0 Å². The van der Waals surface area contributed by atoms with Gasteiger partial charge in [-0.05, 0) is 86.6 Å². The first-order valence-electron chi connectivity index (χ1n) is 17.7. The van der Waals surface area contributed by atoms with Crippen molar-refractivity contribution in [3.63, 3.8) is 0 Å². The second-order valence-electron chi connectivity index (χ2n) is 14.0. The Bertz CT molecular complexity index is 1590. The van der Waals surface area contributed by atoms with E-state index in [1.165, 1.54) is 23.2 Å². The highest BCUT2D eigenvalue weighted by Crippen LogP contribution is 2.33. The zero-order chi connectivity index (χ0) is 36.1. The fraction of sp³-hybridized carbons (Fsp3) is 0.583. The summed E-state index contributed by atoms with van der Waals surface area (Å²) in [5, 5.41) is 12.5. The number of anilines is 1. The van der Waals surface area contributed by atoms with E-state index in [1.807, 2.05) is 6.92 Å². The van der Waals surface area contributed by atoms with Gasteiger partial charge in [-0.1, -0.05) is 32.8 Å². The van der Waals surface area contributed by atoms with Gasteiger partial charge >= 0.3 is 6.03 Å². The minimum atomic E-state index is -1.73. The zero-order valence-corrected chi connectivity index (χ0v) is 29.2. The van der Waals surface area contributed by atoms with E-state index in [1.54, 1.807) is 35.7 Å². The fourth-order valence-electron chi connectivity index (χ4n) is 6.97. The monoisotopic (exact) mass is 699 g/mol. The van der Waals surface area contributed by atoms with Gasteiger partial charge in [-0.25, -0.2) is 9.18 Å². The summed E-state index contributed by atoms with van der Waals surface area (Å²) in [6, 6.07) is 3.46. The second kappa shape index (κ2) is 16.1. The number of piperidine rings is 1. The molecule has 3 aliphatic rings. The highest BCUT2D eigenvalue weighted by atomic mass is 19.3. The summed E-state index contributed by atoms with van der Waals surface area (Å²) in [5.74, 6) is -2.48. The van der Waals surface area contributed by atoms with Crippen molar-refractivity contribution in [2.45, 2.75) is 103 Å². The fourth-order valence-corrected chi connectivity index (χ4v) is 6.97. The van der Waals surface area contributed by atoms with Crippen LogP contribution in [-0.4, -0.2) is 81.6 Å². The topological polar surface area (TPSA) is 129 Å². The highest BCUT2D eigenvalue weighted by Gasteiger charge is 2.37. The number of nitrogens with zero attached hydrogens (tertiary/aromatic N) is 4. The average Bonchev–Trinajstić information content (AvgIpc) is 3.85. The van der Waals surface area contributed by atoms with E-state index < -0.39 is 53.7 Å². The van der Waals surface area contributed by atoms with Gasteiger partial charge in [0.05, 0.1) is 5.69 Å². The van der Waals surface area contributed by atoms with E-state index in [9.17, 15) is 28.0 Å². The van der Waals surface area contributed by atoms with Gasteiger partial charge in [0.25, 0.3) is 12.0 Å². The van der Waals surface area contributed by atoms with E-state index in [2.05, 4.69) is 28.0 Å². The predicted molar refractivity (Wildman–Crippen MR) is 182 cm³/mol. The number of hydrogen-bond donors (Lipinski definition) is 3. The van der Waals surface area contributed by atoms with Crippen LogP contribution in [0.2, 0.25) is 0 Å². The molecule has 3 atom stereocenters. The van der Waals surface area contributed by atoms with Gasteiger partial charge in [0.2, 0.25) is 11.8 Å². The molecule has 2 aliphatic carbocycles. The number of likely N-dealkylation sites (tertiary alicyclic amines) is 1. The van der Waals surface area contributed by atoms with Crippen LogP contribution >= 0.6 is 0 Å². The van der Waals surface area contributed by atoms with Gasteiger partial charge in [0.1, 0.15) is 23.6 Å². The van der Waals surface area contributed by atoms with Crippen molar-refractivity contribution in [1.82, 2.24) is 30.2 Å². The first-order chi connectivity index (χ1) is 23.9. The third-order valence-electron chi connectivity index (χ3n) is 10.5. The van der Waals surface area contributed by atoms with Crippen LogP contribution in [0, 0.1) is 17.7 Å². The first kappa shape index (κ1) is 36.9. The van der Waals surface area contributed by atoms with Crippen molar-refractivity contribution in [1.29, 1.82) is 0 Å². The van der Waals surface area contributed by atoms with Crippen molar-refractivity contribution in [3.8, 4) is 0 Å². The molecule has 1 aromatic carbocycles. The Kier molecular flexibility index (Phi) is 11.9. The first-order valence-corrected chi connectivity index (χ1v) is 17.7. The molecule has 3 N–H and O–H groups in total. The average molecular weight is 700 g/mol. The molecule has 11 nitrogen and oxygen atoms in total. The van der Waals surface area contributed by atoms with Gasteiger partial charge in [-0.15, -0.1) is 0 Å². The van der Waals surface area contributed by atoms with Crippen molar-refractivity contribution in [3.05, 3.63) is 59.2 Å². The summed E-state index contributed by atoms with van der Waals surface area (Å²) in [4.78, 5) is 56.9. The summed E-state index contributed by atoms with van der Waals surface area (Å²) in [6.07, 6.45) is 4.89. The summed E-state index contributed by atoms with van der Waals surface area (Å²) in [6.45, 7) is 6.36. The lowest BCUT2D eigenvalue weighted by Gasteiger charge is -2.34. The lowest BCUT2D eigenvalue weighted by molar-refractivity contribution is -0.134. The molecule has 0 radical (unpaired) electrons. The van der Waals surface area contributed by atoms with Crippen molar-refractivity contribution >= 4 is 29.4 Å². The minimum absolute atomic E-state index is 0.0169. The molecule has 0 bridgehead atoms. The number of hydrogen-bond acceptors (Lipinski definition) is 5. The maximum atomic E-state index is 15.8. The van der Waals surface area contributed by atoms with Crippen LogP contribution in [0.25, 0.3) is 0 Å². The molecule has 5 rings (SSSR count). The molecule has 14 heteroatoms. The Morgan fingerprint density at radius 2 is 1.68 bits per heavy atom. The van der Waals surface area contributed by atoms with E-state index in [4.69, 9.17) is 0 Å². The van der Waals surface area contributed by atoms with Gasteiger partial charge in [0, 0.05) is 44.8 Å². The molecular weight excluding hydrogens is 651 g/mol. The summed E-state index contributed by atoms with van der Waals surface area (Å²) < 4.78 is 43.7. The van der Waals surface area contributed by atoms with Crippen LogP contribution in [0.4, 0.5) is 23.7 Å². The molecule has 272 valence electrons. The number of halogens is 3. The number of aromatic nitrogens is 2. The Balaban J connectivity index is 1.33. The number of aryl methyl sites for hydroxylation is 1. The predicted octanol–water partition coefficient (Wildman–Crippen LogP) is 5.65. The van der Waals surface area contributed by atoms with Gasteiger partial charge < -0.3 is 25.8 Å². The molecule has 2 aromatic rings. The summed E-state index contributed by atoms with van der Waals surface area (Å²) >= 11 is 0. The lowest BCUT2D eigenvalue weighted by atomic mass is 9.79. The Hall–Kier alpha value is -4.36.